The van der Waals surface area contributed by atoms with Gasteiger partial charge in [-0.15, -0.1) is 0 Å². The van der Waals surface area contributed by atoms with Crippen LogP contribution < -0.4 is 10.5 Å². The van der Waals surface area contributed by atoms with Crippen molar-refractivity contribution >= 4 is 38.7 Å². The zero-order chi connectivity index (χ0) is 19.4. The number of hydrogen-bond acceptors (Lipinski definition) is 6. The van der Waals surface area contributed by atoms with E-state index in [1.807, 2.05) is 18.2 Å². The zero-order valence-electron chi connectivity index (χ0n) is 13.8. The number of nitrogens with one attached hydrogen (secondary N) is 1. The molecule has 134 valence electrons. The molecule has 0 aliphatic rings. The van der Waals surface area contributed by atoms with Gasteiger partial charge in [-0.1, -0.05) is 12.1 Å². The van der Waals surface area contributed by atoms with Crippen LogP contribution in [0.2, 0.25) is 0 Å². The zero-order valence-corrected chi connectivity index (χ0v) is 14.6. The van der Waals surface area contributed by atoms with Gasteiger partial charge in [0.1, 0.15) is 11.6 Å². The fourth-order valence-electron chi connectivity index (χ4n) is 2.26. The molecule has 0 atom stereocenters. The quantitative estimate of drug-likeness (QED) is 0.524. The highest BCUT2D eigenvalue weighted by molar-refractivity contribution is 7.89. The van der Waals surface area contributed by atoms with Gasteiger partial charge in [-0.05, 0) is 42.5 Å². The van der Waals surface area contributed by atoms with Crippen LogP contribution in [0.4, 0.5) is 5.69 Å². The van der Waals surface area contributed by atoms with Crippen molar-refractivity contribution in [2.45, 2.75) is 4.90 Å². The lowest BCUT2D eigenvalue weighted by Gasteiger charge is -2.05. The Bertz CT molecular complexity index is 1200. The molecule has 2 aromatic carbocycles. The Morgan fingerprint density at radius 1 is 1.11 bits per heavy atom. The van der Waals surface area contributed by atoms with Gasteiger partial charge in [-0.25, -0.2) is 18.5 Å². The first-order chi connectivity index (χ1) is 12.9. The Hall–Kier alpha value is -3.61. The second kappa shape index (κ2) is 7.33. The van der Waals surface area contributed by atoms with Gasteiger partial charge in [0, 0.05) is 5.69 Å². The van der Waals surface area contributed by atoms with Crippen LogP contribution in [-0.2, 0) is 14.8 Å². The van der Waals surface area contributed by atoms with Crippen molar-refractivity contribution in [3.05, 3.63) is 66.0 Å². The Balaban J connectivity index is 1.82. The second-order valence-corrected chi connectivity index (χ2v) is 7.04. The third-order valence-corrected chi connectivity index (χ3v) is 4.49. The van der Waals surface area contributed by atoms with E-state index in [4.69, 9.17) is 5.14 Å². The highest BCUT2D eigenvalue weighted by Crippen LogP contribution is 2.15. The molecule has 3 aromatic rings. The molecule has 0 radical (unpaired) electrons. The predicted octanol–water partition coefficient (Wildman–Crippen LogP) is 1.82. The highest BCUT2D eigenvalue weighted by Gasteiger charge is 2.12. The van der Waals surface area contributed by atoms with Crippen molar-refractivity contribution < 1.29 is 13.2 Å². The molecule has 0 aliphatic heterocycles. The molecule has 8 nitrogen and oxygen atoms in total. The number of nitrogens with two attached hydrogens (primary N) is 1. The largest absolute Gasteiger partial charge is 0.321 e. The third kappa shape index (κ3) is 4.33. The van der Waals surface area contributed by atoms with E-state index in [2.05, 4.69) is 15.3 Å². The van der Waals surface area contributed by atoms with Crippen LogP contribution in [0.3, 0.4) is 0 Å². The molecule has 0 unspecified atom stereocenters. The minimum atomic E-state index is -3.82. The SMILES string of the molecule is N#CC(=Cc1cnc2ccccc2n1)C(=O)Nc1ccc(S(N)(=O)=O)cc1. The van der Waals surface area contributed by atoms with E-state index in [1.54, 1.807) is 12.1 Å². The van der Waals surface area contributed by atoms with E-state index in [0.717, 1.165) is 0 Å². The topological polar surface area (TPSA) is 139 Å². The minimum Gasteiger partial charge on any atom is -0.321 e. The summed E-state index contributed by atoms with van der Waals surface area (Å²) in [5.41, 5.74) is 1.85. The maximum atomic E-state index is 12.3. The molecule has 0 bridgehead atoms. The summed E-state index contributed by atoms with van der Waals surface area (Å²) >= 11 is 0. The number of carbonyl (C=O) groups excluding carboxylic acids is 1. The monoisotopic (exact) mass is 379 g/mol. The summed E-state index contributed by atoms with van der Waals surface area (Å²) in [6.45, 7) is 0. The Labute approximate surface area is 155 Å². The number of amides is 1. The molecule has 0 fully saturated rings. The first-order valence-electron chi connectivity index (χ1n) is 7.64. The maximum Gasteiger partial charge on any atom is 0.266 e. The molecule has 1 aromatic heterocycles. The molecule has 0 saturated heterocycles. The molecule has 0 saturated carbocycles. The van der Waals surface area contributed by atoms with E-state index >= 15 is 0 Å². The molecule has 1 heterocycles. The van der Waals surface area contributed by atoms with E-state index in [-0.39, 0.29) is 10.5 Å². The van der Waals surface area contributed by atoms with E-state index in [9.17, 15) is 18.5 Å². The molecule has 1 amide bonds. The average Bonchev–Trinajstić information content (AvgIpc) is 2.65. The Morgan fingerprint density at radius 3 is 2.41 bits per heavy atom. The molecule has 0 spiro atoms. The minimum absolute atomic E-state index is 0.0806. The number of rotatable bonds is 4. The summed E-state index contributed by atoms with van der Waals surface area (Å²) in [4.78, 5) is 20.8. The summed E-state index contributed by atoms with van der Waals surface area (Å²) < 4.78 is 22.5. The summed E-state index contributed by atoms with van der Waals surface area (Å²) in [7, 11) is -3.82. The van der Waals surface area contributed by atoms with Crippen molar-refractivity contribution in [3.63, 3.8) is 0 Å². The predicted molar refractivity (Wildman–Crippen MR) is 99.6 cm³/mol. The summed E-state index contributed by atoms with van der Waals surface area (Å²) in [5.74, 6) is -0.657. The number of para-hydroxylation sites is 2. The Morgan fingerprint density at radius 2 is 1.78 bits per heavy atom. The van der Waals surface area contributed by atoms with Gasteiger partial charge in [0.2, 0.25) is 10.0 Å². The Kier molecular flexibility index (Phi) is 4.94. The maximum absolute atomic E-state index is 12.3. The fourth-order valence-corrected chi connectivity index (χ4v) is 2.78. The molecule has 27 heavy (non-hydrogen) atoms. The molecular weight excluding hydrogens is 366 g/mol. The highest BCUT2D eigenvalue weighted by atomic mass is 32.2. The molecule has 3 N–H and O–H groups in total. The van der Waals surface area contributed by atoms with Crippen LogP contribution in [0.5, 0.6) is 0 Å². The van der Waals surface area contributed by atoms with Crippen LogP contribution in [0.25, 0.3) is 17.1 Å². The average molecular weight is 379 g/mol. The number of sulfonamides is 1. The fraction of sp³-hybridized carbons (Fsp3) is 0. The number of nitrogens with zero attached hydrogens (tertiary/aromatic N) is 3. The lowest BCUT2D eigenvalue weighted by atomic mass is 10.2. The van der Waals surface area contributed by atoms with Crippen LogP contribution in [0.15, 0.2) is 65.2 Å². The third-order valence-electron chi connectivity index (χ3n) is 3.57. The number of carbonyl (C=O) groups is 1. The van der Waals surface area contributed by atoms with Crippen molar-refractivity contribution in [2.24, 2.45) is 5.14 Å². The van der Waals surface area contributed by atoms with Crippen molar-refractivity contribution in [2.75, 3.05) is 5.32 Å². The van der Waals surface area contributed by atoms with Crippen molar-refractivity contribution in [1.29, 1.82) is 5.26 Å². The number of aromatic nitrogens is 2. The van der Waals surface area contributed by atoms with Gasteiger partial charge >= 0.3 is 0 Å². The van der Waals surface area contributed by atoms with Gasteiger partial charge in [0.15, 0.2) is 0 Å². The number of benzene rings is 2. The molecule has 3 rings (SSSR count). The first kappa shape index (κ1) is 18.2. The van der Waals surface area contributed by atoms with E-state index in [1.165, 1.54) is 36.5 Å². The number of primary sulfonamides is 1. The van der Waals surface area contributed by atoms with E-state index in [0.29, 0.717) is 22.4 Å². The van der Waals surface area contributed by atoms with Crippen LogP contribution >= 0.6 is 0 Å². The van der Waals surface area contributed by atoms with Gasteiger partial charge in [0.25, 0.3) is 5.91 Å². The lowest BCUT2D eigenvalue weighted by molar-refractivity contribution is -0.112. The lowest BCUT2D eigenvalue weighted by Crippen LogP contribution is -2.14. The van der Waals surface area contributed by atoms with Crippen LogP contribution in [0.1, 0.15) is 5.69 Å². The van der Waals surface area contributed by atoms with Gasteiger partial charge < -0.3 is 5.32 Å². The smallest absolute Gasteiger partial charge is 0.266 e. The molecule has 9 heteroatoms. The number of nitriles is 1. The van der Waals surface area contributed by atoms with Crippen molar-refractivity contribution in [3.8, 4) is 6.07 Å². The standard InChI is InChI=1S/C18H13N5O3S/c19-10-12(9-14-11-21-16-3-1-2-4-17(16)22-14)18(24)23-13-5-7-15(8-6-13)27(20,25)26/h1-9,11H,(H,23,24)(H2,20,25,26). The van der Waals surface area contributed by atoms with Crippen molar-refractivity contribution in [1.82, 2.24) is 9.97 Å². The van der Waals surface area contributed by atoms with Crippen LogP contribution in [0, 0.1) is 11.3 Å². The summed E-state index contributed by atoms with van der Waals surface area (Å²) in [5, 5.41) is 16.8. The van der Waals surface area contributed by atoms with Gasteiger partial charge in [-0.2, -0.15) is 5.26 Å². The van der Waals surface area contributed by atoms with Gasteiger partial charge in [-0.3, -0.25) is 9.78 Å². The summed E-state index contributed by atoms with van der Waals surface area (Å²) in [6, 6.07) is 14.3. The second-order valence-electron chi connectivity index (χ2n) is 5.48. The number of anilines is 1. The molecular formula is C18H13N5O3S. The van der Waals surface area contributed by atoms with Gasteiger partial charge in [0.05, 0.1) is 27.8 Å². The molecule has 0 aliphatic carbocycles. The summed E-state index contributed by atoms with van der Waals surface area (Å²) in [6.07, 6.45) is 2.79. The van der Waals surface area contributed by atoms with E-state index < -0.39 is 15.9 Å². The first-order valence-corrected chi connectivity index (χ1v) is 9.19. The number of hydrogen-bond donors (Lipinski definition) is 2. The van der Waals surface area contributed by atoms with Crippen LogP contribution in [-0.4, -0.2) is 24.3 Å². The normalized spacial score (nSPS) is 11.8. The number of fused-ring (bicyclic) bond motifs is 1.